The van der Waals surface area contributed by atoms with Crippen molar-refractivity contribution in [2.24, 2.45) is 5.92 Å². The maximum Gasteiger partial charge on any atom is 0.271 e. The molecule has 1 unspecified atom stereocenters. The molecule has 8 nitrogen and oxygen atoms in total. The predicted molar refractivity (Wildman–Crippen MR) is 83.0 cm³/mol. The first-order valence-corrected chi connectivity index (χ1v) is 7.18. The van der Waals surface area contributed by atoms with Gasteiger partial charge in [-0.2, -0.15) is 5.26 Å². The van der Waals surface area contributed by atoms with Gasteiger partial charge in [0.15, 0.2) is 0 Å². The summed E-state index contributed by atoms with van der Waals surface area (Å²) in [6.07, 6.45) is 1.85. The van der Waals surface area contributed by atoms with Gasteiger partial charge in [0.1, 0.15) is 11.3 Å². The van der Waals surface area contributed by atoms with Crippen molar-refractivity contribution in [1.29, 1.82) is 5.26 Å². The maximum absolute atomic E-state index is 12.0. The number of non-ortho nitro benzene ring substituents is 1. The Labute approximate surface area is 133 Å². The fraction of sp³-hybridized carbons (Fsp3) is 0.467. The van der Waals surface area contributed by atoms with E-state index in [4.69, 9.17) is 4.74 Å². The zero-order valence-electron chi connectivity index (χ0n) is 13.0. The number of benzene rings is 1. The van der Waals surface area contributed by atoms with Crippen LogP contribution in [0.1, 0.15) is 19.8 Å². The van der Waals surface area contributed by atoms with Crippen molar-refractivity contribution in [2.45, 2.75) is 25.3 Å². The van der Waals surface area contributed by atoms with E-state index in [0.29, 0.717) is 11.4 Å². The average Bonchev–Trinajstić information content (AvgIpc) is 3.37. The van der Waals surface area contributed by atoms with E-state index in [2.05, 4.69) is 16.7 Å². The zero-order chi connectivity index (χ0) is 17.0. The Morgan fingerprint density at radius 2 is 2.26 bits per heavy atom. The third-order valence-electron chi connectivity index (χ3n) is 3.86. The number of nitrogens with one attached hydrogen (secondary N) is 2. The standard InChI is InChI=1S/C15H18N4O4/c1-15(9-16,10-3-4-10)18-14(20)8-17-12-7-11(19(21)22)5-6-13(12)23-2/h5-7,10,17H,3-4,8H2,1-2H3,(H,18,20). The molecule has 0 spiro atoms. The van der Waals surface area contributed by atoms with E-state index < -0.39 is 10.5 Å². The summed E-state index contributed by atoms with van der Waals surface area (Å²) < 4.78 is 5.11. The van der Waals surface area contributed by atoms with E-state index >= 15 is 0 Å². The summed E-state index contributed by atoms with van der Waals surface area (Å²) in [5.41, 5.74) is -0.624. The Kier molecular flexibility index (Phi) is 4.69. The van der Waals surface area contributed by atoms with Crippen molar-refractivity contribution in [1.82, 2.24) is 5.32 Å². The third-order valence-corrected chi connectivity index (χ3v) is 3.86. The largest absolute Gasteiger partial charge is 0.495 e. The number of ether oxygens (including phenoxy) is 1. The molecule has 1 amide bonds. The van der Waals surface area contributed by atoms with Crippen LogP contribution < -0.4 is 15.4 Å². The van der Waals surface area contributed by atoms with Crippen LogP contribution in [0.15, 0.2) is 18.2 Å². The predicted octanol–water partition coefficient (Wildman–Crippen LogP) is 1.82. The van der Waals surface area contributed by atoms with Gasteiger partial charge in [0.25, 0.3) is 5.69 Å². The van der Waals surface area contributed by atoms with Gasteiger partial charge in [-0.15, -0.1) is 0 Å². The molecule has 1 aromatic carbocycles. The van der Waals surface area contributed by atoms with Crippen LogP contribution in [0.5, 0.6) is 5.75 Å². The summed E-state index contributed by atoms with van der Waals surface area (Å²) in [6.45, 7) is 1.60. The van der Waals surface area contributed by atoms with E-state index in [-0.39, 0.29) is 24.1 Å². The first-order valence-electron chi connectivity index (χ1n) is 7.18. The summed E-state index contributed by atoms with van der Waals surface area (Å²) in [6, 6.07) is 6.23. The van der Waals surface area contributed by atoms with Crippen molar-refractivity contribution in [3.63, 3.8) is 0 Å². The van der Waals surface area contributed by atoms with Gasteiger partial charge in [-0.05, 0) is 31.7 Å². The summed E-state index contributed by atoms with van der Waals surface area (Å²) in [7, 11) is 1.44. The van der Waals surface area contributed by atoms with Crippen LogP contribution in [0.2, 0.25) is 0 Å². The highest BCUT2D eigenvalue weighted by Crippen LogP contribution is 2.39. The second-order valence-electron chi connectivity index (χ2n) is 5.63. The van der Waals surface area contributed by atoms with Crippen LogP contribution in [0.4, 0.5) is 11.4 Å². The van der Waals surface area contributed by atoms with Crippen molar-refractivity contribution in [3.8, 4) is 11.8 Å². The Hall–Kier alpha value is -2.82. The lowest BCUT2D eigenvalue weighted by Crippen LogP contribution is -2.48. The number of nitro groups is 1. The van der Waals surface area contributed by atoms with Gasteiger partial charge in [-0.3, -0.25) is 14.9 Å². The Bertz CT molecular complexity index is 666. The highest BCUT2D eigenvalue weighted by molar-refractivity contribution is 5.82. The van der Waals surface area contributed by atoms with Gasteiger partial charge in [0.2, 0.25) is 5.91 Å². The van der Waals surface area contributed by atoms with Gasteiger partial charge >= 0.3 is 0 Å². The fourth-order valence-electron chi connectivity index (χ4n) is 2.34. The summed E-state index contributed by atoms with van der Waals surface area (Å²) >= 11 is 0. The van der Waals surface area contributed by atoms with E-state index in [9.17, 15) is 20.2 Å². The number of nitro benzene ring substituents is 1. The monoisotopic (exact) mass is 318 g/mol. The quantitative estimate of drug-likeness (QED) is 0.585. The first kappa shape index (κ1) is 16.5. The van der Waals surface area contributed by atoms with E-state index in [0.717, 1.165) is 12.8 Å². The highest BCUT2D eigenvalue weighted by Gasteiger charge is 2.42. The van der Waals surface area contributed by atoms with Gasteiger partial charge in [-0.25, -0.2) is 0 Å². The molecule has 1 fully saturated rings. The molecular weight excluding hydrogens is 300 g/mol. The van der Waals surface area contributed by atoms with Crippen molar-refractivity contribution in [3.05, 3.63) is 28.3 Å². The lowest BCUT2D eigenvalue weighted by Gasteiger charge is -2.23. The minimum Gasteiger partial charge on any atom is -0.495 e. The third kappa shape index (κ3) is 3.88. The minimum atomic E-state index is -0.870. The highest BCUT2D eigenvalue weighted by atomic mass is 16.6. The van der Waals surface area contributed by atoms with Gasteiger partial charge in [0.05, 0.1) is 30.3 Å². The Balaban J connectivity index is 2.02. The minimum absolute atomic E-state index is 0.103. The number of amides is 1. The number of anilines is 1. The lowest BCUT2D eigenvalue weighted by molar-refractivity contribution is -0.384. The summed E-state index contributed by atoms with van der Waals surface area (Å²) in [4.78, 5) is 22.3. The second-order valence-corrected chi connectivity index (χ2v) is 5.63. The Morgan fingerprint density at radius 1 is 1.57 bits per heavy atom. The van der Waals surface area contributed by atoms with Crippen LogP contribution in [0.3, 0.4) is 0 Å². The summed E-state index contributed by atoms with van der Waals surface area (Å²) in [5, 5.41) is 25.6. The first-order chi connectivity index (χ1) is 10.9. The number of rotatable bonds is 7. The normalized spacial score (nSPS) is 15.9. The molecule has 1 aromatic rings. The molecule has 0 saturated heterocycles. The van der Waals surface area contributed by atoms with Crippen molar-refractivity contribution < 1.29 is 14.5 Å². The summed E-state index contributed by atoms with van der Waals surface area (Å²) in [5.74, 6) is 0.229. The zero-order valence-corrected chi connectivity index (χ0v) is 13.0. The van der Waals surface area contributed by atoms with Crippen LogP contribution in [-0.2, 0) is 4.79 Å². The number of carbonyl (C=O) groups excluding carboxylic acids is 1. The molecule has 1 aliphatic carbocycles. The number of nitrogens with zero attached hydrogens (tertiary/aromatic N) is 2. The Morgan fingerprint density at radius 3 is 2.78 bits per heavy atom. The molecule has 1 atom stereocenters. The molecule has 0 bridgehead atoms. The molecule has 0 aromatic heterocycles. The van der Waals surface area contributed by atoms with Crippen molar-refractivity contribution in [2.75, 3.05) is 19.0 Å². The fourth-order valence-corrected chi connectivity index (χ4v) is 2.34. The molecule has 122 valence electrons. The van der Waals surface area contributed by atoms with E-state index in [1.807, 2.05) is 0 Å². The molecule has 0 radical (unpaired) electrons. The van der Waals surface area contributed by atoms with E-state index in [1.165, 1.54) is 25.3 Å². The van der Waals surface area contributed by atoms with Gasteiger partial charge < -0.3 is 15.4 Å². The molecule has 1 saturated carbocycles. The van der Waals surface area contributed by atoms with Crippen LogP contribution in [-0.4, -0.2) is 30.0 Å². The lowest BCUT2D eigenvalue weighted by atomic mass is 9.98. The molecule has 8 heteroatoms. The number of hydrogen-bond acceptors (Lipinski definition) is 6. The number of methoxy groups -OCH3 is 1. The number of nitriles is 1. The molecule has 2 N–H and O–H groups in total. The average molecular weight is 318 g/mol. The SMILES string of the molecule is COc1ccc([N+](=O)[O-])cc1NCC(=O)NC(C)(C#N)C1CC1. The topological polar surface area (TPSA) is 117 Å². The van der Waals surface area contributed by atoms with Crippen LogP contribution in [0.25, 0.3) is 0 Å². The number of hydrogen-bond donors (Lipinski definition) is 2. The van der Waals surface area contributed by atoms with Crippen LogP contribution >= 0.6 is 0 Å². The van der Waals surface area contributed by atoms with E-state index in [1.54, 1.807) is 6.92 Å². The molecule has 2 rings (SSSR count). The van der Waals surface area contributed by atoms with Crippen LogP contribution in [0, 0.1) is 27.4 Å². The molecule has 0 heterocycles. The maximum atomic E-state index is 12.0. The molecule has 1 aliphatic rings. The van der Waals surface area contributed by atoms with Gasteiger partial charge in [-0.1, -0.05) is 0 Å². The van der Waals surface area contributed by atoms with Crippen molar-refractivity contribution >= 4 is 17.3 Å². The van der Waals surface area contributed by atoms with Gasteiger partial charge in [0, 0.05) is 12.1 Å². The molecule has 23 heavy (non-hydrogen) atoms. The molecule has 0 aliphatic heterocycles. The smallest absolute Gasteiger partial charge is 0.271 e. The molecular formula is C15H18N4O4. The second kappa shape index (κ2) is 6.52. The number of carbonyl (C=O) groups is 1.